The van der Waals surface area contributed by atoms with Gasteiger partial charge in [0, 0.05) is 31.7 Å². The van der Waals surface area contributed by atoms with Gasteiger partial charge >= 0.3 is 0 Å². The van der Waals surface area contributed by atoms with E-state index in [0.717, 1.165) is 31.4 Å². The molecule has 1 saturated heterocycles. The number of hydrogen-bond donors (Lipinski definition) is 1. The summed E-state index contributed by atoms with van der Waals surface area (Å²) in [6.07, 6.45) is 4.44. The molecule has 1 aromatic rings. The zero-order valence-electron chi connectivity index (χ0n) is 11.6. The molecule has 2 heterocycles. The molecule has 2 aliphatic rings. The van der Waals surface area contributed by atoms with Crippen molar-refractivity contribution in [2.45, 2.75) is 44.8 Å². The number of piperazine rings is 1. The Kier molecular flexibility index (Phi) is 2.90. The maximum atomic E-state index is 4.35. The quantitative estimate of drug-likeness (QED) is 0.860. The molecule has 0 aromatic carbocycles. The van der Waals surface area contributed by atoms with E-state index >= 15 is 0 Å². The number of hydrogen-bond acceptors (Lipinski definition) is 4. The number of nitrogens with one attached hydrogen (secondary N) is 1. The third-order valence-corrected chi connectivity index (χ3v) is 4.40. The summed E-state index contributed by atoms with van der Waals surface area (Å²) in [5.74, 6) is 1.96. The van der Waals surface area contributed by atoms with Crippen LogP contribution in [0.15, 0.2) is 6.33 Å². The first kappa shape index (κ1) is 12.1. The standard InChI is InChI=1S/C13H23N5/c1-13(2)8-14-11(10-4-5-10)6-18(13)7-12-15-9-16-17(12)3/h9-11,14H,4-8H2,1-3H3. The van der Waals surface area contributed by atoms with Crippen LogP contribution in [0.1, 0.15) is 32.5 Å². The summed E-state index contributed by atoms with van der Waals surface area (Å²) in [5.41, 5.74) is 0.192. The lowest BCUT2D eigenvalue weighted by Gasteiger charge is -2.46. The Bertz CT molecular complexity index is 421. The van der Waals surface area contributed by atoms with E-state index in [4.69, 9.17) is 0 Å². The monoisotopic (exact) mass is 249 g/mol. The first-order valence-corrected chi connectivity index (χ1v) is 6.87. The molecule has 5 heteroatoms. The van der Waals surface area contributed by atoms with Crippen molar-refractivity contribution in [1.29, 1.82) is 0 Å². The van der Waals surface area contributed by atoms with E-state index in [0.29, 0.717) is 6.04 Å². The lowest BCUT2D eigenvalue weighted by atomic mass is 9.95. The predicted molar refractivity (Wildman–Crippen MR) is 70.0 cm³/mol. The Labute approximate surface area is 109 Å². The van der Waals surface area contributed by atoms with Crippen LogP contribution in [0.5, 0.6) is 0 Å². The van der Waals surface area contributed by atoms with E-state index in [1.165, 1.54) is 12.8 Å². The normalized spacial score (nSPS) is 28.5. The van der Waals surface area contributed by atoms with Gasteiger partial charge in [-0.2, -0.15) is 5.10 Å². The van der Waals surface area contributed by atoms with Crippen LogP contribution in [-0.2, 0) is 13.6 Å². The largest absolute Gasteiger partial charge is 0.311 e. The van der Waals surface area contributed by atoms with Gasteiger partial charge in [-0.05, 0) is 32.6 Å². The highest BCUT2D eigenvalue weighted by Gasteiger charge is 2.40. The lowest BCUT2D eigenvalue weighted by molar-refractivity contribution is 0.0500. The van der Waals surface area contributed by atoms with Crippen molar-refractivity contribution in [3.05, 3.63) is 12.2 Å². The van der Waals surface area contributed by atoms with Gasteiger partial charge in [0.2, 0.25) is 0 Å². The zero-order valence-corrected chi connectivity index (χ0v) is 11.6. The van der Waals surface area contributed by atoms with Crippen molar-refractivity contribution >= 4 is 0 Å². The molecular formula is C13H23N5. The van der Waals surface area contributed by atoms with Crippen molar-refractivity contribution in [2.75, 3.05) is 13.1 Å². The second-order valence-electron chi connectivity index (χ2n) is 6.32. The minimum atomic E-state index is 0.192. The van der Waals surface area contributed by atoms with Gasteiger partial charge < -0.3 is 5.32 Å². The summed E-state index contributed by atoms with van der Waals surface area (Å²) in [6, 6.07) is 0.672. The minimum Gasteiger partial charge on any atom is -0.311 e. The zero-order chi connectivity index (χ0) is 12.8. The average Bonchev–Trinajstić information content (AvgIpc) is 3.07. The molecule has 1 N–H and O–H groups in total. The van der Waals surface area contributed by atoms with E-state index in [1.807, 2.05) is 11.7 Å². The molecule has 1 atom stereocenters. The molecule has 0 bridgehead atoms. The Morgan fingerprint density at radius 3 is 2.83 bits per heavy atom. The van der Waals surface area contributed by atoms with Crippen LogP contribution < -0.4 is 5.32 Å². The molecule has 0 spiro atoms. The Hall–Kier alpha value is -0.940. The van der Waals surface area contributed by atoms with Gasteiger partial charge in [-0.25, -0.2) is 4.98 Å². The minimum absolute atomic E-state index is 0.192. The van der Waals surface area contributed by atoms with E-state index in [1.54, 1.807) is 6.33 Å². The molecular weight excluding hydrogens is 226 g/mol. The number of aromatic nitrogens is 3. The van der Waals surface area contributed by atoms with Gasteiger partial charge in [-0.3, -0.25) is 9.58 Å². The second kappa shape index (κ2) is 4.31. The molecule has 1 saturated carbocycles. The molecule has 1 aromatic heterocycles. The highest BCUT2D eigenvalue weighted by Crippen LogP contribution is 2.35. The van der Waals surface area contributed by atoms with Crippen molar-refractivity contribution in [3.8, 4) is 0 Å². The number of aryl methyl sites for hydroxylation is 1. The summed E-state index contributed by atoms with van der Waals surface area (Å²) in [5, 5.41) is 7.87. The third-order valence-electron chi connectivity index (χ3n) is 4.40. The fourth-order valence-electron chi connectivity index (χ4n) is 2.77. The summed E-state index contributed by atoms with van der Waals surface area (Å²) in [7, 11) is 1.97. The fourth-order valence-corrected chi connectivity index (χ4v) is 2.77. The molecule has 1 unspecified atom stereocenters. The van der Waals surface area contributed by atoms with Crippen molar-refractivity contribution in [1.82, 2.24) is 25.0 Å². The average molecular weight is 249 g/mol. The van der Waals surface area contributed by atoms with Crippen LogP contribution in [0.2, 0.25) is 0 Å². The Morgan fingerprint density at radius 1 is 1.44 bits per heavy atom. The first-order chi connectivity index (χ1) is 8.56. The van der Waals surface area contributed by atoms with Crippen molar-refractivity contribution in [2.24, 2.45) is 13.0 Å². The Morgan fingerprint density at radius 2 is 2.22 bits per heavy atom. The van der Waals surface area contributed by atoms with E-state index < -0.39 is 0 Å². The first-order valence-electron chi connectivity index (χ1n) is 6.87. The van der Waals surface area contributed by atoms with Crippen LogP contribution in [0.4, 0.5) is 0 Å². The molecule has 5 nitrogen and oxygen atoms in total. The summed E-state index contributed by atoms with van der Waals surface area (Å²) in [6.45, 7) is 7.70. The highest BCUT2D eigenvalue weighted by atomic mass is 15.4. The van der Waals surface area contributed by atoms with Gasteiger partial charge in [0.15, 0.2) is 0 Å². The van der Waals surface area contributed by atoms with E-state index in [9.17, 15) is 0 Å². The van der Waals surface area contributed by atoms with Gasteiger partial charge in [-0.1, -0.05) is 0 Å². The maximum Gasteiger partial charge on any atom is 0.140 e. The summed E-state index contributed by atoms with van der Waals surface area (Å²) >= 11 is 0. The topological polar surface area (TPSA) is 46.0 Å². The van der Waals surface area contributed by atoms with Crippen LogP contribution in [0.25, 0.3) is 0 Å². The summed E-state index contributed by atoms with van der Waals surface area (Å²) < 4.78 is 1.88. The summed E-state index contributed by atoms with van der Waals surface area (Å²) in [4.78, 5) is 6.90. The predicted octanol–water partition coefficient (Wildman–Crippen LogP) is 0.777. The van der Waals surface area contributed by atoms with Crippen LogP contribution >= 0.6 is 0 Å². The molecule has 18 heavy (non-hydrogen) atoms. The molecule has 100 valence electrons. The van der Waals surface area contributed by atoms with Gasteiger partial charge in [0.05, 0.1) is 6.54 Å². The third kappa shape index (κ3) is 2.29. The molecule has 1 aliphatic carbocycles. The molecule has 3 rings (SSSR count). The molecule has 1 aliphatic heterocycles. The van der Waals surface area contributed by atoms with E-state index in [2.05, 4.69) is 34.1 Å². The van der Waals surface area contributed by atoms with Crippen LogP contribution in [0.3, 0.4) is 0 Å². The van der Waals surface area contributed by atoms with Crippen LogP contribution in [-0.4, -0.2) is 44.3 Å². The molecule has 0 radical (unpaired) electrons. The number of rotatable bonds is 3. The number of nitrogens with zero attached hydrogens (tertiary/aromatic N) is 4. The smallest absolute Gasteiger partial charge is 0.140 e. The molecule has 2 fully saturated rings. The van der Waals surface area contributed by atoms with Crippen LogP contribution in [0, 0.1) is 5.92 Å². The van der Waals surface area contributed by atoms with Gasteiger partial charge in [0.1, 0.15) is 12.2 Å². The van der Waals surface area contributed by atoms with Crippen molar-refractivity contribution in [3.63, 3.8) is 0 Å². The van der Waals surface area contributed by atoms with Gasteiger partial charge in [-0.15, -0.1) is 0 Å². The van der Waals surface area contributed by atoms with E-state index in [-0.39, 0.29) is 5.54 Å². The van der Waals surface area contributed by atoms with Crippen molar-refractivity contribution < 1.29 is 0 Å². The SMILES string of the molecule is Cn1ncnc1CN1CC(C2CC2)NCC1(C)C. The molecule has 0 amide bonds. The second-order valence-corrected chi connectivity index (χ2v) is 6.32. The Balaban J connectivity index is 1.72. The fraction of sp³-hybridized carbons (Fsp3) is 0.846. The maximum absolute atomic E-state index is 4.35. The van der Waals surface area contributed by atoms with Gasteiger partial charge in [0.25, 0.3) is 0 Å². The lowest BCUT2D eigenvalue weighted by Crippen LogP contribution is -2.62. The highest BCUT2D eigenvalue weighted by molar-refractivity contribution is 5.00.